The van der Waals surface area contributed by atoms with Crippen LogP contribution in [0, 0.1) is 6.92 Å². The summed E-state index contributed by atoms with van der Waals surface area (Å²) in [4.78, 5) is 11.4. The van der Waals surface area contributed by atoms with E-state index in [0.29, 0.717) is 17.6 Å². The van der Waals surface area contributed by atoms with Crippen molar-refractivity contribution in [1.82, 2.24) is 10.2 Å². The lowest BCUT2D eigenvalue weighted by molar-refractivity contribution is 0.0525. The van der Waals surface area contributed by atoms with Crippen molar-refractivity contribution in [2.24, 2.45) is 0 Å². The Labute approximate surface area is 122 Å². The monoisotopic (exact) mass is 342 g/mol. The van der Waals surface area contributed by atoms with Gasteiger partial charge in [-0.1, -0.05) is 21.0 Å². The molecule has 0 bridgehead atoms. The Morgan fingerprint density at radius 2 is 2.21 bits per heavy atom. The van der Waals surface area contributed by atoms with Gasteiger partial charge in [0, 0.05) is 4.47 Å². The van der Waals surface area contributed by atoms with E-state index in [0.717, 1.165) is 21.4 Å². The van der Waals surface area contributed by atoms with E-state index < -0.39 is 5.97 Å². The Morgan fingerprint density at radius 3 is 2.89 bits per heavy atom. The molecule has 1 aromatic carbocycles. The second kappa shape index (κ2) is 6.12. The van der Waals surface area contributed by atoms with Crippen LogP contribution in [-0.4, -0.2) is 22.8 Å². The highest BCUT2D eigenvalue weighted by molar-refractivity contribution is 9.10. The first-order valence-electron chi connectivity index (χ1n) is 5.54. The van der Waals surface area contributed by atoms with Gasteiger partial charge in [-0.25, -0.2) is 4.79 Å². The summed E-state index contributed by atoms with van der Waals surface area (Å²) in [6.45, 7) is 4.00. The summed E-state index contributed by atoms with van der Waals surface area (Å²) < 4.78 is 11.4. The third-order valence-electron chi connectivity index (χ3n) is 2.19. The lowest BCUT2D eigenvalue weighted by Crippen LogP contribution is -2.03. The largest absolute Gasteiger partial charge is 0.461 e. The van der Waals surface area contributed by atoms with Crippen LogP contribution in [0.5, 0.6) is 10.9 Å². The van der Waals surface area contributed by atoms with Gasteiger partial charge in [0.25, 0.3) is 5.19 Å². The van der Waals surface area contributed by atoms with Crippen LogP contribution in [0.25, 0.3) is 0 Å². The summed E-state index contributed by atoms with van der Waals surface area (Å²) >= 11 is 4.47. The van der Waals surface area contributed by atoms with Crippen LogP contribution in [0.3, 0.4) is 0 Å². The second-order valence-corrected chi connectivity index (χ2v) is 5.40. The molecule has 0 aliphatic rings. The van der Waals surface area contributed by atoms with E-state index >= 15 is 0 Å². The number of aryl methyl sites for hydroxylation is 1. The van der Waals surface area contributed by atoms with Crippen LogP contribution in [-0.2, 0) is 4.74 Å². The van der Waals surface area contributed by atoms with E-state index in [1.165, 1.54) is 0 Å². The minimum absolute atomic E-state index is 0.186. The van der Waals surface area contributed by atoms with Crippen molar-refractivity contribution in [3.63, 3.8) is 0 Å². The maximum Gasteiger partial charge on any atom is 0.369 e. The van der Waals surface area contributed by atoms with E-state index in [4.69, 9.17) is 9.47 Å². The fourth-order valence-electron chi connectivity index (χ4n) is 1.31. The highest BCUT2D eigenvalue weighted by Gasteiger charge is 2.15. The number of aromatic nitrogens is 2. The van der Waals surface area contributed by atoms with E-state index in [1.54, 1.807) is 6.92 Å². The molecule has 0 aliphatic carbocycles. The second-order valence-electron chi connectivity index (χ2n) is 3.61. The summed E-state index contributed by atoms with van der Waals surface area (Å²) in [6, 6.07) is 5.57. The topological polar surface area (TPSA) is 61.3 Å². The molecule has 19 heavy (non-hydrogen) atoms. The van der Waals surface area contributed by atoms with Crippen LogP contribution in [0.2, 0.25) is 0 Å². The van der Waals surface area contributed by atoms with E-state index in [1.807, 2.05) is 25.1 Å². The smallest absolute Gasteiger partial charge is 0.369 e. The molecule has 0 amide bonds. The van der Waals surface area contributed by atoms with E-state index in [9.17, 15) is 4.79 Å². The molecular weight excluding hydrogens is 332 g/mol. The maximum absolute atomic E-state index is 11.4. The van der Waals surface area contributed by atoms with Gasteiger partial charge < -0.3 is 9.47 Å². The number of benzene rings is 1. The molecule has 100 valence electrons. The zero-order chi connectivity index (χ0) is 13.8. The van der Waals surface area contributed by atoms with Crippen LogP contribution < -0.4 is 4.74 Å². The SMILES string of the molecule is CCOC(=O)c1nnc(Oc2ccc(Br)c(C)c2)s1. The number of nitrogens with zero attached hydrogens (tertiary/aromatic N) is 2. The summed E-state index contributed by atoms with van der Waals surface area (Å²) in [5.41, 5.74) is 1.05. The standard InChI is InChI=1S/C12H11BrN2O3S/c1-3-17-11(16)10-14-15-12(19-10)18-8-4-5-9(13)7(2)6-8/h4-6H,3H2,1-2H3. The lowest BCUT2D eigenvalue weighted by Gasteiger charge is -2.03. The summed E-state index contributed by atoms with van der Waals surface area (Å²) in [6.07, 6.45) is 0. The predicted octanol–water partition coefficient (Wildman–Crippen LogP) is 3.58. The van der Waals surface area contributed by atoms with Crippen LogP contribution in [0.1, 0.15) is 22.3 Å². The Hall–Kier alpha value is -1.47. The molecule has 2 aromatic rings. The minimum Gasteiger partial charge on any atom is -0.461 e. The van der Waals surface area contributed by atoms with Gasteiger partial charge in [-0.15, -0.1) is 5.10 Å². The molecule has 0 radical (unpaired) electrons. The van der Waals surface area contributed by atoms with E-state index in [-0.39, 0.29) is 5.01 Å². The number of ether oxygens (including phenoxy) is 2. The Kier molecular flexibility index (Phi) is 4.49. The average Bonchev–Trinajstić information content (AvgIpc) is 2.83. The van der Waals surface area contributed by atoms with E-state index in [2.05, 4.69) is 26.1 Å². The highest BCUT2D eigenvalue weighted by Crippen LogP contribution is 2.28. The van der Waals surface area contributed by atoms with Gasteiger partial charge >= 0.3 is 5.97 Å². The molecule has 0 aliphatic heterocycles. The molecular formula is C12H11BrN2O3S. The number of esters is 1. The summed E-state index contributed by atoms with van der Waals surface area (Å²) in [7, 11) is 0. The van der Waals surface area contributed by atoms with Crippen molar-refractivity contribution in [1.29, 1.82) is 0 Å². The first-order chi connectivity index (χ1) is 9.10. The van der Waals surface area contributed by atoms with Crippen LogP contribution in [0.4, 0.5) is 0 Å². The predicted molar refractivity (Wildman–Crippen MR) is 74.8 cm³/mol. The molecule has 0 fully saturated rings. The summed E-state index contributed by atoms with van der Waals surface area (Å²) in [5.74, 6) is 0.161. The Bertz CT molecular complexity index is 600. The third-order valence-corrected chi connectivity index (χ3v) is 3.86. The molecule has 1 heterocycles. The third kappa shape index (κ3) is 3.51. The fourth-order valence-corrected chi connectivity index (χ4v) is 2.16. The lowest BCUT2D eigenvalue weighted by atomic mass is 10.2. The number of carbonyl (C=O) groups is 1. The molecule has 0 N–H and O–H groups in total. The molecule has 0 spiro atoms. The van der Waals surface area contributed by atoms with Crippen molar-refractivity contribution in [2.75, 3.05) is 6.61 Å². The zero-order valence-corrected chi connectivity index (χ0v) is 12.7. The Morgan fingerprint density at radius 1 is 1.42 bits per heavy atom. The molecule has 5 nitrogen and oxygen atoms in total. The number of halogens is 1. The number of carbonyl (C=O) groups excluding carboxylic acids is 1. The maximum atomic E-state index is 11.4. The van der Waals surface area contributed by atoms with Gasteiger partial charge in [-0.05, 0) is 48.9 Å². The van der Waals surface area contributed by atoms with Gasteiger partial charge in [0.15, 0.2) is 0 Å². The highest BCUT2D eigenvalue weighted by atomic mass is 79.9. The summed E-state index contributed by atoms with van der Waals surface area (Å²) in [5, 5.41) is 8.03. The normalized spacial score (nSPS) is 10.3. The quantitative estimate of drug-likeness (QED) is 0.794. The van der Waals surface area contributed by atoms with Crippen molar-refractivity contribution >= 4 is 33.2 Å². The van der Waals surface area contributed by atoms with Gasteiger partial charge in [-0.3, -0.25) is 0 Å². The van der Waals surface area contributed by atoms with Crippen LogP contribution >= 0.6 is 27.3 Å². The van der Waals surface area contributed by atoms with Gasteiger partial charge in [-0.2, -0.15) is 0 Å². The van der Waals surface area contributed by atoms with Gasteiger partial charge in [0.2, 0.25) is 5.01 Å². The first kappa shape index (κ1) is 14.0. The zero-order valence-electron chi connectivity index (χ0n) is 10.3. The molecule has 1 aromatic heterocycles. The Balaban J connectivity index is 2.11. The average molecular weight is 343 g/mol. The molecule has 0 atom stereocenters. The van der Waals surface area contributed by atoms with Gasteiger partial charge in [0.05, 0.1) is 6.61 Å². The number of hydrogen-bond acceptors (Lipinski definition) is 6. The van der Waals surface area contributed by atoms with Crippen molar-refractivity contribution in [2.45, 2.75) is 13.8 Å². The minimum atomic E-state index is -0.484. The molecule has 2 rings (SSSR count). The van der Waals surface area contributed by atoms with Gasteiger partial charge in [0.1, 0.15) is 5.75 Å². The number of rotatable bonds is 4. The molecule has 0 unspecified atom stereocenters. The van der Waals surface area contributed by atoms with Crippen molar-refractivity contribution in [3.8, 4) is 10.9 Å². The fraction of sp³-hybridized carbons (Fsp3) is 0.250. The molecule has 7 heteroatoms. The first-order valence-corrected chi connectivity index (χ1v) is 7.15. The molecule has 0 saturated carbocycles. The van der Waals surface area contributed by atoms with Crippen molar-refractivity contribution < 1.29 is 14.3 Å². The van der Waals surface area contributed by atoms with Crippen LogP contribution in [0.15, 0.2) is 22.7 Å². The van der Waals surface area contributed by atoms with Crippen molar-refractivity contribution in [3.05, 3.63) is 33.2 Å². The number of hydrogen-bond donors (Lipinski definition) is 0. The molecule has 0 saturated heterocycles.